The molecule has 0 saturated heterocycles. The summed E-state index contributed by atoms with van der Waals surface area (Å²) in [7, 11) is 0. The van der Waals surface area contributed by atoms with Crippen LogP contribution in [-0.2, 0) is 0 Å². The van der Waals surface area contributed by atoms with Gasteiger partial charge in [0.1, 0.15) is 0 Å². The number of aromatic amines is 1. The Labute approximate surface area is 163 Å². The smallest absolute Gasteiger partial charge is 0.248 e. The van der Waals surface area contributed by atoms with E-state index in [4.69, 9.17) is 11.5 Å². The van der Waals surface area contributed by atoms with E-state index in [2.05, 4.69) is 20.6 Å². The van der Waals surface area contributed by atoms with E-state index in [9.17, 15) is 9.59 Å². The van der Waals surface area contributed by atoms with Gasteiger partial charge in [-0.15, -0.1) is 21.5 Å². The van der Waals surface area contributed by atoms with E-state index in [0.717, 1.165) is 26.4 Å². The van der Waals surface area contributed by atoms with E-state index < -0.39 is 11.8 Å². The first-order chi connectivity index (χ1) is 13.5. The molecule has 0 aliphatic rings. The van der Waals surface area contributed by atoms with Crippen molar-refractivity contribution in [3.05, 3.63) is 65.7 Å². The summed E-state index contributed by atoms with van der Waals surface area (Å²) in [5.41, 5.74) is 14.0. The zero-order chi connectivity index (χ0) is 19.7. The van der Waals surface area contributed by atoms with E-state index in [1.54, 1.807) is 36.4 Å². The summed E-state index contributed by atoms with van der Waals surface area (Å²) in [6.07, 6.45) is 0. The topological polar surface area (TPSA) is 141 Å². The minimum absolute atomic E-state index is 0.405. The molecule has 0 bridgehead atoms. The molecule has 8 nitrogen and oxygen atoms in total. The second kappa shape index (κ2) is 7.05. The van der Waals surface area contributed by atoms with Gasteiger partial charge in [-0.1, -0.05) is 24.3 Å². The van der Waals surface area contributed by atoms with Crippen molar-refractivity contribution in [3.8, 4) is 32.3 Å². The molecule has 0 saturated carbocycles. The molecular formula is C19H14N6O2S. The van der Waals surface area contributed by atoms with Crippen LogP contribution in [0.5, 0.6) is 0 Å². The third-order valence-electron chi connectivity index (χ3n) is 4.16. The molecule has 0 aliphatic heterocycles. The number of nitrogens with zero attached hydrogens (tertiary/aromatic N) is 3. The van der Waals surface area contributed by atoms with Gasteiger partial charge in [0.15, 0.2) is 0 Å². The van der Waals surface area contributed by atoms with Crippen LogP contribution in [-0.4, -0.2) is 32.4 Å². The van der Waals surface area contributed by atoms with Crippen molar-refractivity contribution >= 4 is 23.2 Å². The molecule has 5 N–H and O–H groups in total. The maximum Gasteiger partial charge on any atom is 0.248 e. The first kappa shape index (κ1) is 17.6. The number of amides is 2. The van der Waals surface area contributed by atoms with Crippen LogP contribution >= 0.6 is 11.3 Å². The number of nitrogens with two attached hydrogens (primary N) is 2. The van der Waals surface area contributed by atoms with Crippen LogP contribution in [0.3, 0.4) is 0 Å². The average molecular weight is 390 g/mol. The largest absolute Gasteiger partial charge is 0.366 e. The van der Waals surface area contributed by atoms with E-state index in [1.807, 2.05) is 18.2 Å². The van der Waals surface area contributed by atoms with Crippen LogP contribution in [0, 0.1) is 0 Å². The first-order valence-electron chi connectivity index (χ1n) is 8.21. The molecule has 0 spiro atoms. The number of nitrogens with one attached hydrogen (secondary N) is 1. The fourth-order valence-electron chi connectivity index (χ4n) is 2.83. The molecule has 2 aromatic heterocycles. The van der Waals surface area contributed by atoms with Crippen LogP contribution in [0.15, 0.2) is 54.6 Å². The molecule has 2 aromatic carbocycles. The Morgan fingerprint density at radius 1 is 0.893 bits per heavy atom. The highest BCUT2D eigenvalue weighted by molar-refractivity contribution is 7.19. The number of rotatable bonds is 5. The number of benzene rings is 2. The van der Waals surface area contributed by atoms with Crippen LogP contribution in [0.25, 0.3) is 32.3 Å². The van der Waals surface area contributed by atoms with E-state index in [0.29, 0.717) is 17.0 Å². The molecule has 0 atom stereocenters. The third kappa shape index (κ3) is 3.26. The number of primary amides is 2. The normalized spacial score (nSPS) is 10.7. The second-order valence-corrected chi connectivity index (χ2v) is 7.03. The van der Waals surface area contributed by atoms with Crippen molar-refractivity contribution in [3.63, 3.8) is 0 Å². The number of H-pyrrole nitrogens is 1. The summed E-state index contributed by atoms with van der Waals surface area (Å²) in [5.74, 6) is -0.576. The molecule has 0 unspecified atom stereocenters. The monoisotopic (exact) mass is 390 g/mol. The second-order valence-electron chi connectivity index (χ2n) is 5.98. The van der Waals surface area contributed by atoms with Crippen LogP contribution in [0.2, 0.25) is 0 Å². The van der Waals surface area contributed by atoms with E-state index >= 15 is 0 Å². The van der Waals surface area contributed by atoms with E-state index in [-0.39, 0.29) is 0 Å². The maximum atomic E-state index is 11.6. The van der Waals surface area contributed by atoms with Crippen molar-refractivity contribution in [1.29, 1.82) is 0 Å². The Bertz CT molecular complexity index is 1180. The Kier molecular flexibility index (Phi) is 4.42. The van der Waals surface area contributed by atoms with Gasteiger partial charge >= 0.3 is 0 Å². The number of aromatic nitrogens is 4. The zero-order valence-electron chi connectivity index (χ0n) is 14.4. The van der Waals surface area contributed by atoms with Crippen molar-refractivity contribution in [1.82, 2.24) is 20.6 Å². The van der Waals surface area contributed by atoms with Gasteiger partial charge < -0.3 is 11.5 Å². The van der Waals surface area contributed by atoms with Crippen molar-refractivity contribution in [2.24, 2.45) is 11.5 Å². The van der Waals surface area contributed by atoms with E-state index in [1.165, 1.54) is 11.3 Å². The minimum atomic E-state index is -0.506. The average Bonchev–Trinajstić information content (AvgIpc) is 3.38. The molecular weight excluding hydrogens is 376 g/mol. The summed E-state index contributed by atoms with van der Waals surface area (Å²) in [6, 6.07) is 16.0. The van der Waals surface area contributed by atoms with Gasteiger partial charge in [0.25, 0.3) is 0 Å². The number of thiophene rings is 1. The Hall–Kier alpha value is -3.85. The molecule has 0 aliphatic carbocycles. The van der Waals surface area contributed by atoms with Gasteiger partial charge in [-0.3, -0.25) is 9.59 Å². The molecule has 2 amide bonds. The molecule has 2 heterocycles. The zero-order valence-corrected chi connectivity index (χ0v) is 15.2. The maximum absolute atomic E-state index is 11.6. The summed E-state index contributed by atoms with van der Waals surface area (Å²) >= 11 is 1.48. The Morgan fingerprint density at radius 3 is 2.14 bits per heavy atom. The van der Waals surface area contributed by atoms with Gasteiger partial charge in [0.2, 0.25) is 17.6 Å². The lowest BCUT2D eigenvalue weighted by Gasteiger charge is -2.03. The number of tetrazole rings is 1. The molecule has 0 radical (unpaired) electrons. The molecule has 28 heavy (non-hydrogen) atoms. The highest BCUT2D eigenvalue weighted by Crippen LogP contribution is 2.42. The number of hydrogen-bond donors (Lipinski definition) is 3. The molecule has 138 valence electrons. The van der Waals surface area contributed by atoms with Crippen molar-refractivity contribution in [2.75, 3.05) is 0 Å². The Balaban J connectivity index is 1.89. The summed E-state index contributed by atoms with van der Waals surface area (Å²) in [5, 5.41) is 14.2. The number of carbonyl (C=O) groups excluding carboxylic acids is 2. The fourth-order valence-corrected chi connectivity index (χ4v) is 3.98. The third-order valence-corrected chi connectivity index (χ3v) is 5.39. The summed E-state index contributed by atoms with van der Waals surface area (Å²) < 4.78 is 0. The Morgan fingerprint density at radius 2 is 1.54 bits per heavy atom. The van der Waals surface area contributed by atoms with Crippen molar-refractivity contribution < 1.29 is 9.59 Å². The van der Waals surface area contributed by atoms with Crippen molar-refractivity contribution in [2.45, 2.75) is 0 Å². The fraction of sp³-hybridized carbons (Fsp3) is 0. The lowest BCUT2D eigenvalue weighted by molar-refractivity contribution is 0.0992. The summed E-state index contributed by atoms with van der Waals surface area (Å²) in [6.45, 7) is 0. The predicted molar refractivity (Wildman–Crippen MR) is 105 cm³/mol. The van der Waals surface area contributed by atoms with Gasteiger partial charge in [-0.05, 0) is 46.7 Å². The molecule has 9 heteroatoms. The number of hydrogen-bond acceptors (Lipinski definition) is 6. The highest BCUT2D eigenvalue weighted by Gasteiger charge is 2.18. The van der Waals surface area contributed by atoms with Crippen LogP contribution in [0.1, 0.15) is 20.7 Å². The van der Waals surface area contributed by atoms with Gasteiger partial charge in [0, 0.05) is 26.4 Å². The predicted octanol–water partition coefficient (Wildman–Crippen LogP) is 2.46. The molecule has 0 fully saturated rings. The standard InChI is InChI=1S/C19H14N6O2S/c20-17(26)12-5-1-3-10(7-12)15-9-14(19-22-24-25-23-19)16(28-15)11-4-2-6-13(8-11)18(21)27/h1-9H,(H2,20,26)(H2,21,27)(H,22,23,24,25). The molecule has 4 rings (SSSR count). The number of carbonyl (C=O) groups is 2. The van der Waals surface area contributed by atoms with Crippen LogP contribution in [0.4, 0.5) is 0 Å². The SMILES string of the molecule is NC(=O)c1cccc(-c2cc(-c3nn[nH]n3)c(-c3cccc(C(N)=O)c3)s2)c1. The van der Waals surface area contributed by atoms with Crippen LogP contribution < -0.4 is 11.5 Å². The highest BCUT2D eigenvalue weighted by atomic mass is 32.1. The molecule has 4 aromatic rings. The lowest BCUT2D eigenvalue weighted by Crippen LogP contribution is -2.10. The van der Waals surface area contributed by atoms with Gasteiger partial charge in [0.05, 0.1) is 0 Å². The minimum Gasteiger partial charge on any atom is -0.366 e. The lowest BCUT2D eigenvalue weighted by atomic mass is 10.0. The van der Waals surface area contributed by atoms with Gasteiger partial charge in [-0.2, -0.15) is 5.21 Å². The quantitative estimate of drug-likeness (QED) is 0.480. The summed E-state index contributed by atoms with van der Waals surface area (Å²) in [4.78, 5) is 24.8. The van der Waals surface area contributed by atoms with Gasteiger partial charge in [-0.25, -0.2) is 0 Å². The first-order valence-corrected chi connectivity index (χ1v) is 9.02.